The fourth-order valence-electron chi connectivity index (χ4n) is 4.64. The molecule has 10 heteroatoms. The van der Waals surface area contributed by atoms with Gasteiger partial charge in [0, 0.05) is 30.3 Å². The Morgan fingerprint density at radius 1 is 1.12 bits per heavy atom. The lowest BCUT2D eigenvalue weighted by Crippen LogP contribution is -2.38. The molecule has 1 saturated heterocycles. The van der Waals surface area contributed by atoms with E-state index < -0.39 is 17.5 Å². The van der Waals surface area contributed by atoms with Crippen molar-refractivity contribution in [2.24, 2.45) is 0 Å². The largest absolute Gasteiger partial charge is 0.507 e. The van der Waals surface area contributed by atoms with E-state index in [0.717, 1.165) is 56.5 Å². The predicted molar refractivity (Wildman–Crippen MR) is 111 cm³/mol. The summed E-state index contributed by atoms with van der Waals surface area (Å²) in [5, 5.41) is 28.4. The molecule has 1 saturated carbocycles. The van der Waals surface area contributed by atoms with Crippen LogP contribution in [0.1, 0.15) is 48.8 Å². The van der Waals surface area contributed by atoms with E-state index in [0.29, 0.717) is 23.4 Å². The van der Waals surface area contributed by atoms with E-state index in [2.05, 4.69) is 20.1 Å². The molecule has 7 nitrogen and oxygen atoms in total. The first-order chi connectivity index (χ1) is 15.4. The number of aromatic nitrogens is 4. The molecule has 2 aromatic heterocycles. The van der Waals surface area contributed by atoms with E-state index >= 15 is 0 Å². The van der Waals surface area contributed by atoms with Gasteiger partial charge in [0.15, 0.2) is 5.65 Å². The summed E-state index contributed by atoms with van der Waals surface area (Å²) in [6.45, 7) is 2.47. The topological polar surface area (TPSA) is 87.3 Å². The zero-order chi connectivity index (χ0) is 22.5. The van der Waals surface area contributed by atoms with Crippen molar-refractivity contribution in [2.75, 3.05) is 26.2 Å². The molecule has 170 valence electrons. The molecule has 1 atom stereocenters. The first-order valence-electron chi connectivity index (χ1n) is 10.8. The summed E-state index contributed by atoms with van der Waals surface area (Å²) < 4.78 is 41.1. The molecular weight excluding hydrogens is 423 g/mol. The number of rotatable bonds is 5. The highest BCUT2D eigenvalue weighted by Crippen LogP contribution is 2.48. The van der Waals surface area contributed by atoms with Gasteiger partial charge in [-0.1, -0.05) is 0 Å². The SMILES string of the molecule is OCCN1CCC[C@@H](n2cnc3c(C4CC4)c(-c4ccc(C(F)(F)F)cc4O)nnc32)C1. The molecule has 1 aliphatic carbocycles. The van der Waals surface area contributed by atoms with E-state index in [9.17, 15) is 23.4 Å². The van der Waals surface area contributed by atoms with Crippen LogP contribution in [0.25, 0.3) is 22.4 Å². The van der Waals surface area contributed by atoms with Crippen molar-refractivity contribution in [3.8, 4) is 17.0 Å². The molecule has 2 fully saturated rings. The average Bonchev–Trinajstić information content (AvgIpc) is 3.51. The molecule has 1 aliphatic heterocycles. The van der Waals surface area contributed by atoms with Crippen LogP contribution in [0.15, 0.2) is 24.5 Å². The van der Waals surface area contributed by atoms with Crippen LogP contribution < -0.4 is 0 Å². The molecule has 3 aromatic rings. The van der Waals surface area contributed by atoms with Crippen molar-refractivity contribution in [2.45, 2.75) is 43.8 Å². The Morgan fingerprint density at radius 2 is 1.94 bits per heavy atom. The van der Waals surface area contributed by atoms with Gasteiger partial charge in [-0.25, -0.2) is 4.98 Å². The number of hydrogen-bond donors (Lipinski definition) is 2. The van der Waals surface area contributed by atoms with E-state index in [1.807, 2.05) is 4.57 Å². The summed E-state index contributed by atoms with van der Waals surface area (Å²) in [6.07, 6.45) is 1.08. The highest BCUT2D eigenvalue weighted by atomic mass is 19.4. The van der Waals surface area contributed by atoms with Crippen LogP contribution in [0, 0.1) is 0 Å². The van der Waals surface area contributed by atoms with Gasteiger partial charge in [-0.2, -0.15) is 13.2 Å². The van der Waals surface area contributed by atoms with Crippen molar-refractivity contribution in [1.29, 1.82) is 0 Å². The number of aromatic hydroxyl groups is 1. The van der Waals surface area contributed by atoms with Gasteiger partial charge in [0.05, 0.1) is 18.5 Å². The van der Waals surface area contributed by atoms with Crippen LogP contribution in [0.4, 0.5) is 13.2 Å². The number of halogens is 3. The maximum atomic E-state index is 13.0. The number of hydrogen-bond acceptors (Lipinski definition) is 6. The van der Waals surface area contributed by atoms with Gasteiger partial charge < -0.3 is 14.8 Å². The molecule has 0 bridgehead atoms. The number of phenolic OH excluding ortho intramolecular Hbond substituents is 1. The van der Waals surface area contributed by atoms with Crippen LogP contribution in [-0.4, -0.2) is 61.1 Å². The third-order valence-corrected chi connectivity index (χ3v) is 6.38. The van der Waals surface area contributed by atoms with Crippen LogP contribution in [-0.2, 0) is 6.18 Å². The molecule has 3 heterocycles. The molecule has 5 rings (SSSR count). The molecule has 2 aliphatic rings. The van der Waals surface area contributed by atoms with Crippen LogP contribution in [0.2, 0.25) is 0 Å². The van der Waals surface area contributed by atoms with E-state index in [1.54, 1.807) is 6.33 Å². The van der Waals surface area contributed by atoms with E-state index in [1.165, 1.54) is 6.07 Å². The Labute approximate surface area is 182 Å². The molecular formula is C22H24F3N5O2. The molecule has 32 heavy (non-hydrogen) atoms. The number of nitrogens with zero attached hydrogens (tertiary/aromatic N) is 5. The molecule has 0 amide bonds. The Morgan fingerprint density at radius 3 is 2.62 bits per heavy atom. The second kappa shape index (κ2) is 8.00. The number of phenols is 1. The highest BCUT2D eigenvalue weighted by Gasteiger charge is 2.35. The maximum Gasteiger partial charge on any atom is 0.416 e. The summed E-state index contributed by atoms with van der Waals surface area (Å²) in [5.74, 6) is -0.271. The number of aliphatic hydroxyl groups excluding tert-OH is 1. The number of aliphatic hydroxyl groups is 1. The van der Waals surface area contributed by atoms with Crippen LogP contribution in [0.5, 0.6) is 5.75 Å². The Hall–Kier alpha value is -2.72. The lowest BCUT2D eigenvalue weighted by atomic mass is 9.99. The second-order valence-electron chi connectivity index (χ2n) is 8.61. The van der Waals surface area contributed by atoms with E-state index in [4.69, 9.17) is 0 Å². The number of benzene rings is 1. The summed E-state index contributed by atoms with van der Waals surface area (Å²) in [5.41, 5.74) is 1.90. The van der Waals surface area contributed by atoms with Gasteiger partial charge in [0.25, 0.3) is 0 Å². The van der Waals surface area contributed by atoms with Gasteiger partial charge in [-0.15, -0.1) is 10.2 Å². The zero-order valence-electron chi connectivity index (χ0n) is 17.4. The Kier molecular flexibility index (Phi) is 5.29. The Bertz CT molecular complexity index is 1140. The average molecular weight is 447 g/mol. The standard InChI is InChI=1S/C22H24F3N5O2/c23-22(24,25)14-5-6-16(17(32)10-14)19-18(13-3-4-13)20-21(28-27-19)30(12-26-20)15-2-1-7-29(11-15)8-9-31/h5-6,10,12-13,15,31-32H,1-4,7-9,11H2/t15-/m1/s1. The quantitative estimate of drug-likeness (QED) is 0.620. The fraction of sp³-hybridized carbons (Fsp3) is 0.500. The molecule has 0 spiro atoms. The van der Waals surface area contributed by atoms with Gasteiger partial charge in [-0.3, -0.25) is 4.90 Å². The smallest absolute Gasteiger partial charge is 0.416 e. The highest BCUT2D eigenvalue weighted by molar-refractivity contribution is 5.84. The number of imidazole rings is 1. The van der Waals surface area contributed by atoms with Crippen molar-refractivity contribution in [3.05, 3.63) is 35.7 Å². The van der Waals surface area contributed by atoms with Crippen molar-refractivity contribution in [3.63, 3.8) is 0 Å². The molecule has 0 radical (unpaired) electrons. The number of alkyl halides is 3. The fourth-order valence-corrected chi connectivity index (χ4v) is 4.64. The number of piperidine rings is 1. The minimum Gasteiger partial charge on any atom is -0.507 e. The van der Waals surface area contributed by atoms with Crippen LogP contribution >= 0.6 is 0 Å². The van der Waals surface area contributed by atoms with Crippen molar-refractivity contribution in [1.82, 2.24) is 24.6 Å². The summed E-state index contributed by atoms with van der Waals surface area (Å²) in [4.78, 5) is 6.84. The van der Waals surface area contributed by atoms with Gasteiger partial charge in [-0.05, 0) is 56.3 Å². The van der Waals surface area contributed by atoms with Crippen LogP contribution in [0.3, 0.4) is 0 Å². The second-order valence-corrected chi connectivity index (χ2v) is 8.61. The van der Waals surface area contributed by atoms with E-state index in [-0.39, 0.29) is 24.1 Å². The first-order valence-corrected chi connectivity index (χ1v) is 10.8. The van der Waals surface area contributed by atoms with Crippen molar-refractivity contribution < 1.29 is 23.4 Å². The third kappa shape index (κ3) is 3.81. The molecule has 0 unspecified atom stereocenters. The Balaban J connectivity index is 1.56. The minimum atomic E-state index is -4.53. The molecule has 1 aromatic carbocycles. The normalized spacial score (nSPS) is 20.2. The van der Waals surface area contributed by atoms with Crippen molar-refractivity contribution >= 4 is 11.2 Å². The van der Waals surface area contributed by atoms with Gasteiger partial charge in [0.2, 0.25) is 0 Å². The lowest BCUT2D eigenvalue weighted by molar-refractivity contribution is -0.137. The molecule has 2 N–H and O–H groups in total. The first kappa shape index (κ1) is 21.1. The summed E-state index contributed by atoms with van der Waals surface area (Å²) in [7, 11) is 0. The minimum absolute atomic E-state index is 0.114. The predicted octanol–water partition coefficient (Wildman–Crippen LogP) is 3.72. The summed E-state index contributed by atoms with van der Waals surface area (Å²) in [6, 6.07) is 3.10. The zero-order valence-corrected chi connectivity index (χ0v) is 17.4. The van der Waals surface area contributed by atoms with Gasteiger partial charge >= 0.3 is 6.18 Å². The maximum absolute atomic E-state index is 13.0. The lowest BCUT2D eigenvalue weighted by Gasteiger charge is -2.32. The number of likely N-dealkylation sites (tertiary alicyclic amines) is 1. The number of β-amino-alcohol motifs (C(OH)–C–C–N with tert-alkyl or cyclic N) is 1. The monoisotopic (exact) mass is 447 g/mol. The van der Waals surface area contributed by atoms with Gasteiger partial charge in [0.1, 0.15) is 17.0 Å². The summed E-state index contributed by atoms with van der Waals surface area (Å²) >= 11 is 0. The number of fused-ring (bicyclic) bond motifs is 1. The third-order valence-electron chi connectivity index (χ3n) is 6.38.